The second-order valence-electron chi connectivity index (χ2n) is 7.47. The van der Waals surface area contributed by atoms with Crippen molar-refractivity contribution in [1.82, 2.24) is 19.8 Å². The highest BCUT2D eigenvalue weighted by Crippen LogP contribution is 2.17. The molecule has 0 spiro atoms. The molecule has 0 unspecified atom stereocenters. The van der Waals surface area contributed by atoms with Crippen molar-refractivity contribution in [3.05, 3.63) is 70.5 Å². The van der Waals surface area contributed by atoms with Crippen LogP contribution in [0.5, 0.6) is 0 Å². The van der Waals surface area contributed by atoms with Crippen molar-refractivity contribution < 1.29 is 4.79 Å². The molecule has 0 bridgehead atoms. The highest BCUT2D eigenvalue weighted by atomic mass is 16.2. The summed E-state index contributed by atoms with van der Waals surface area (Å²) in [5.41, 5.74) is 5.90. The van der Waals surface area contributed by atoms with Crippen LogP contribution in [0.3, 0.4) is 0 Å². The Morgan fingerprint density at radius 1 is 0.966 bits per heavy atom. The normalized spacial score (nSPS) is 14.7. The van der Waals surface area contributed by atoms with E-state index >= 15 is 0 Å². The molecule has 1 amide bonds. The molecule has 0 aliphatic carbocycles. The van der Waals surface area contributed by atoms with Crippen molar-refractivity contribution in [2.75, 3.05) is 26.2 Å². The molecular weight excluding hydrogens is 362 g/mol. The number of carbonyl (C=O) groups is 1. The lowest BCUT2D eigenvalue weighted by molar-refractivity contribution is 0.0628. The average molecular weight is 385 g/mol. The quantitative estimate of drug-likeness (QED) is 0.693. The van der Waals surface area contributed by atoms with Gasteiger partial charge >= 0.3 is 0 Å². The van der Waals surface area contributed by atoms with E-state index in [-0.39, 0.29) is 5.91 Å². The predicted octanol–water partition coefficient (Wildman–Crippen LogP) is 3.08. The smallest absolute Gasteiger partial charge is 0.254 e. The van der Waals surface area contributed by atoms with Gasteiger partial charge in [-0.3, -0.25) is 9.69 Å². The minimum absolute atomic E-state index is 0.0463. The summed E-state index contributed by atoms with van der Waals surface area (Å²) in [7, 11) is 0. The van der Waals surface area contributed by atoms with E-state index in [0.29, 0.717) is 24.2 Å². The third-order valence-corrected chi connectivity index (χ3v) is 5.47. The largest absolute Gasteiger partial charge is 0.336 e. The molecular formula is C23H23N5O. The number of benzene rings is 2. The van der Waals surface area contributed by atoms with Gasteiger partial charge < -0.3 is 4.90 Å². The molecule has 0 N–H and O–H groups in total. The van der Waals surface area contributed by atoms with Gasteiger partial charge in [0.25, 0.3) is 5.91 Å². The van der Waals surface area contributed by atoms with Crippen LogP contribution in [-0.4, -0.2) is 51.9 Å². The molecule has 6 nitrogen and oxygen atoms in total. The Hall–Kier alpha value is -3.30. The van der Waals surface area contributed by atoms with Crippen LogP contribution in [0.15, 0.2) is 42.5 Å². The van der Waals surface area contributed by atoms with Crippen LogP contribution < -0.4 is 0 Å². The van der Waals surface area contributed by atoms with Crippen molar-refractivity contribution in [2.45, 2.75) is 20.4 Å². The van der Waals surface area contributed by atoms with E-state index in [9.17, 15) is 4.79 Å². The Morgan fingerprint density at radius 3 is 2.28 bits per heavy atom. The topological polar surface area (TPSA) is 73.1 Å². The summed E-state index contributed by atoms with van der Waals surface area (Å²) < 4.78 is 0. The van der Waals surface area contributed by atoms with E-state index in [1.54, 1.807) is 0 Å². The maximum Gasteiger partial charge on any atom is 0.254 e. The van der Waals surface area contributed by atoms with E-state index < -0.39 is 0 Å². The zero-order chi connectivity index (χ0) is 20.4. The van der Waals surface area contributed by atoms with Crippen LogP contribution in [0.2, 0.25) is 0 Å². The number of piperazine rings is 1. The van der Waals surface area contributed by atoms with Gasteiger partial charge in [0.1, 0.15) is 0 Å². The highest BCUT2D eigenvalue weighted by molar-refractivity contribution is 5.97. The van der Waals surface area contributed by atoms with Crippen molar-refractivity contribution in [3.63, 3.8) is 0 Å². The molecule has 146 valence electrons. The van der Waals surface area contributed by atoms with Crippen LogP contribution in [-0.2, 0) is 6.54 Å². The number of amides is 1. The number of aryl methyl sites for hydroxylation is 2. The Labute approximate surface area is 170 Å². The fraction of sp³-hybridized carbons (Fsp3) is 0.304. The monoisotopic (exact) mass is 385 g/mol. The van der Waals surface area contributed by atoms with E-state index in [1.807, 2.05) is 61.2 Å². The summed E-state index contributed by atoms with van der Waals surface area (Å²) in [4.78, 5) is 26.3. The number of hydrogen-bond donors (Lipinski definition) is 0. The van der Waals surface area contributed by atoms with Gasteiger partial charge in [0.15, 0.2) is 0 Å². The molecule has 3 aromatic rings. The van der Waals surface area contributed by atoms with Crippen molar-refractivity contribution >= 4 is 16.9 Å². The summed E-state index contributed by atoms with van der Waals surface area (Å²) in [5, 5.41) is 8.90. The van der Waals surface area contributed by atoms with Gasteiger partial charge in [0.2, 0.25) is 0 Å². The highest BCUT2D eigenvalue weighted by Gasteiger charge is 2.22. The molecule has 2 heterocycles. The van der Waals surface area contributed by atoms with Crippen LogP contribution >= 0.6 is 0 Å². The number of nitrogens with zero attached hydrogens (tertiary/aromatic N) is 5. The molecule has 0 radical (unpaired) electrons. The van der Waals surface area contributed by atoms with Gasteiger partial charge in [-0.1, -0.05) is 12.1 Å². The maximum atomic E-state index is 13.0. The standard InChI is InChI=1S/C23H23N5O/c1-16-17(2)26-22-13-20(7-8-21(22)25-16)23(29)28-11-9-27(10-12-28)15-19-5-3-18(14-24)4-6-19/h3-8,13H,9-12,15H2,1-2H3. The fourth-order valence-electron chi connectivity index (χ4n) is 3.60. The fourth-order valence-corrected chi connectivity index (χ4v) is 3.60. The second-order valence-corrected chi connectivity index (χ2v) is 7.47. The van der Waals surface area contributed by atoms with Gasteiger partial charge in [-0.25, -0.2) is 9.97 Å². The van der Waals surface area contributed by atoms with E-state index in [2.05, 4.69) is 20.9 Å². The van der Waals surface area contributed by atoms with E-state index in [1.165, 1.54) is 5.56 Å². The molecule has 1 saturated heterocycles. The Morgan fingerprint density at radius 2 is 1.62 bits per heavy atom. The van der Waals surface area contributed by atoms with Crippen LogP contribution in [0, 0.1) is 25.2 Å². The molecule has 4 rings (SSSR count). The number of nitriles is 1. The SMILES string of the molecule is Cc1nc2ccc(C(=O)N3CCN(Cc4ccc(C#N)cc4)CC3)cc2nc1C. The lowest BCUT2D eigenvalue weighted by atomic mass is 10.1. The van der Waals surface area contributed by atoms with Crippen LogP contribution in [0.1, 0.15) is 32.9 Å². The minimum Gasteiger partial charge on any atom is -0.336 e. The predicted molar refractivity (Wildman–Crippen MR) is 111 cm³/mol. The summed E-state index contributed by atoms with van der Waals surface area (Å²) >= 11 is 0. The summed E-state index contributed by atoms with van der Waals surface area (Å²) in [6, 6.07) is 15.4. The van der Waals surface area contributed by atoms with Gasteiger partial charge in [-0.15, -0.1) is 0 Å². The third kappa shape index (κ3) is 4.10. The Bertz CT molecular complexity index is 1090. The summed E-state index contributed by atoms with van der Waals surface area (Å²) in [6.07, 6.45) is 0. The zero-order valence-corrected chi connectivity index (χ0v) is 16.7. The molecule has 1 fully saturated rings. The minimum atomic E-state index is 0.0463. The van der Waals surface area contributed by atoms with Crippen LogP contribution in [0.4, 0.5) is 0 Å². The number of rotatable bonds is 3. The number of hydrogen-bond acceptors (Lipinski definition) is 5. The van der Waals surface area contributed by atoms with Gasteiger partial charge in [-0.2, -0.15) is 5.26 Å². The maximum absolute atomic E-state index is 13.0. The molecule has 29 heavy (non-hydrogen) atoms. The first-order valence-corrected chi connectivity index (χ1v) is 9.79. The van der Waals surface area contributed by atoms with Gasteiger partial charge in [0, 0.05) is 38.3 Å². The molecule has 6 heteroatoms. The first-order valence-electron chi connectivity index (χ1n) is 9.79. The molecule has 1 aliphatic heterocycles. The summed E-state index contributed by atoms with van der Waals surface area (Å²) in [5.74, 6) is 0.0463. The third-order valence-electron chi connectivity index (χ3n) is 5.47. The summed E-state index contributed by atoms with van der Waals surface area (Å²) in [6.45, 7) is 7.77. The first-order chi connectivity index (χ1) is 14.0. The Balaban J connectivity index is 1.40. The van der Waals surface area contributed by atoms with Gasteiger partial charge in [0.05, 0.1) is 34.1 Å². The van der Waals surface area contributed by atoms with E-state index in [4.69, 9.17) is 5.26 Å². The number of aromatic nitrogens is 2. The zero-order valence-electron chi connectivity index (χ0n) is 16.7. The van der Waals surface area contributed by atoms with Crippen molar-refractivity contribution in [3.8, 4) is 6.07 Å². The molecule has 1 aromatic heterocycles. The lowest BCUT2D eigenvalue weighted by Crippen LogP contribution is -2.48. The molecule has 2 aromatic carbocycles. The average Bonchev–Trinajstić information content (AvgIpc) is 2.75. The Kier molecular flexibility index (Phi) is 5.24. The van der Waals surface area contributed by atoms with Crippen molar-refractivity contribution in [1.29, 1.82) is 5.26 Å². The molecule has 1 aliphatic rings. The molecule has 0 atom stereocenters. The first kappa shape index (κ1) is 19.0. The number of carbonyl (C=O) groups excluding carboxylic acids is 1. The van der Waals surface area contributed by atoms with E-state index in [0.717, 1.165) is 42.1 Å². The van der Waals surface area contributed by atoms with Crippen LogP contribution in [0.25, 0.3) is 11.0 Å². The van der Waals surface area contributed by atoms with Crippen molar-refractivity contribution in [2.24, 2.45) is 0 Å². The van der Waals surface area contributed by atoms with Gasteiger partial charge in [-0.05, 0) is 49.7 Å². The molecule has 0 saturated carbocycles. The number of fused-ring (bicyclic) bond motifs is 1. The second kappa shape index (κ2) is 7.98. The lowest BCUT2D eigenvalue weighted by Gasteiger charge is -2.34.